The number of benzene rings is 1. The first-order valence-electron chi connectivity index (χ1n) is 7.95. The summed E-state index contributed by atoms with van der Waals surface area (Å²) in [6.45, 7) is 2.15. The van der Waals surface area contributed by atoms with E-state index in [1.54, 1.807) is 18.2 Å². The number of carbonyl (C=O) groups is 1. The predicted molar refractivity (Wildman–Crippen MR) is 82.8 cm³/mol. The molecule has 1 aliphatic carbocycles. The summed E-state index contributed by atoms with van der Waals surface area (Å²) in [4.78, 5) is 13.3. The molecule has 1 heterocycles. The van der Waals surface area contributed by atoms with E-state index in [9.17, 15) is 9.18 Å². The van der Waals surface area contributed by atoms with Gasteiger partial charge in [-0.25, -0.2) is 4.39 Å². The Morgan fingerprint density at radius 2 is 2.13 bits per heavy atom. The van der Waals surface area contributed by atoms with Crippen LogP contribution in [0.25, 0.3) is 11.4 Å². The van der Waals surface area contributed by atoms with E-state index in [1.165, 1.54) is 17.3 Å². The Labute approximate surface area is 134 Å². The molecule has 0 bridgehead atoms. The Morgan fingerprint density at radius 1 is 1.35 bits per heavy atom. The van der Waals surface area contributed by atoms with Gasteiger partial charge < -0.3 is 5.32 Å². The number of rotatable bonds is 4. The number of halogens is 1. The maximum atomic E-state index is 13.7. The molecular formula is C16H20FN5O. The highest BCUT2D eigenvalue weighted by molar-refractivity contribution is 5.75. The van der Waals surface area contributed by atoms with Gasteiger partial charge in [0.25, 0.3) is 0 Å². The van der Waals surface area contributed by atoms with Crippen LogP contribution >= 0.6 is 0 Å². The monoisotopic (exact) mass is 317 g/mol. The fraction of sp³-hybridized carbons (Fsp3) is 0.500. The third-order valence-electron chi connectivity index (χ3n) is 4.31. The molecule has 122 valence electrons. The number of nitrogens with zero attached hydrogens (tertiary/aromatic N) is 4. The molecular weight excluding hydrogens is 297 g/mol. The molecule has 0 unspecified atom stereocenters. The van der Waals surface area contributed by atoms with Gasteiger partial charge in [-0.1, -0.05) is 31.9 Å². The van der Waals surface area contributed by atoms with Crippen molar-refractivity contribution < 1.29 is 9.18 Å². The SMILES string of the molecule is C[C@H]1CCCC[C@@H]1NC(=O)Cn1nnc(-c2ccccc2F)n1. The largest absolute Gasteiger partial charge is 0.351 e. The van der Waals surface area contributed by atoms with E-state index in [0.29, 0.717) is 5.92 Å². The zero-order valence-corrected chi connectivity index (χ0v) is 13.1. The zero-order chi connectivity index (χ0) is 16.2. The lowest BCUT2D eigenvalue weighted by Gasteiger charge is -2.29. The normalized spacial score (nSPS) is 21.1. The van der Waals surface area contributed by atoms with Crippen molar-refractivity contribution >= 4 is 5.91 Å². The van der Waals surface area contributed by atoms with E-state index >= 15 is 0 Å². The predicted octanol–water partition coefficient (Wildman–Crippen LogP) is 2.17. The lowest BCUT2D eigenvalue weighted by molar-refractivity contribution is -0.123. The molecule has 1 N–H and O–H groups in total. The van der Waals surface area contributed by atoms with E-state index in [2.05, 4.69) is 27.7 Å². The number of aromatic nitrogens is 4. The first-order chi connectivity index (χ1) is 11.1. The van der Waals surface area contributed by atoms with Crippen LogP contribution in [-0.4, -0.2) is 32.2 Å². The van der Waals surface area contributed by atoms with E-state index in [0.717, 1.165) is 19.3 Å². The van der Waals surface area contributed by atoms with Crippen molar-refractivity contribution in [2.24, 2.45) is 5.92 Å². The number of hydrogen-bond donors (Lipinski definition) is 1. The average molecular weight is 317 g/mol. The fourth-order valence-corrected chi connectivity index (χ4v) is 2.97. The summed E-state index contributed by atoms with van der Waals surface area (Å²) in [5.74, 6) is 0.126. The van der Waals surface area contributed by atoms with Crippen molar-refractivity contribution in [3.8, 4) is 11.4 Å². The quantitative estimate of drug-likeness (QED) is 0.938. The average Bonchev–Trinajstić information content (AvgIpc) is 2.98. The Hall–Kier alpha value is -2.31. The van der Waals surface area contributed by atoms with Crippen LogP contribution < -0.4 is 5.32 Å². The second kappa shape index (κ2) is 6.85. The second-order valence-electron chi connectivity index (χ2n) is 6.06. The highest BCUT2D eigenvalue weighted by atomic mass is 19.1. The van der Waals surface area contributed by atoms with Gasteiger partial charge in [0, 0.05) is 6.04 Å². The van der Waals surface area contributed by atoms with Crippen LogP contribution in [0.15, 0.2) is 24.3 Å². The number of hydrogen-bond acceptors (Lipinski definition) is 4. The summed E-state index contributed by atoms with van der Waals surface area (Å²) < 4.78 is 13.7. The molecule has 6 nitrogen and oxygen atoms in total. The molecule has 0 radical (unpaired) electrons. The summed E-state index contributed by atoms with van der Waals surface area (Å²) in [6.07, 6.45) is 4.53. The lowest BCUT2D eigenvalue weighted by atomic mass is 9.86. The van der Waals surface area contributed by atoms with E-state index < -0.39 is 5.82 Å². The van der Waals surface area contributed by atoms with Crippen LogP contribution in [0.3, 0.4) is 0 Å². The molecule has 2 aromatic rings. The second-order valence-corrected chi connectivity index (χ2v) is 6.06. The Balaban J connectivity index is 1.62. The summed E-state index contributed by atoms with van der Waals surface area (Å²) in [5.41, 5.74) is 0.278. The summed E-state index contributed by atoms with van der Waals surface area (Å²) in [5, 5.41) is 14.8. The van der Waals surface area contributed by atoms with Crippen LogP contribution in [0, 0.1) is 11.7 Å². The van der Waals surface area contributed by atoms with Crippen molar-refractivity contribution in [3.05, 3.63) is 30.1 Å². The molecule has 0 saturated heterocycles. The molecule has 0 spiro atoms. The van der Waals surface area contributed by atoms with Crippen molar-refractivity contribution in [3.63, 3.8) is 0 Å². The first-order valence-corrected chi connectivity index (χ1v) is 7.95. The highest BCUT2D eigenvalue weighted by Gasteiger charge is 2.23. The van der Waals surface area contributed by atoms with Crippen LogP contribution in [0.2, 0.25) is 0 Å². The molecule has 1 aliphatic rings. The number of tetrazole rings is 1. The summed E-state index contributed by atoms with van der Waals surface area (Å²) >= 11 is 0. The molecule has 1 saturated carbocycles. The Bertz CT molecular complexity index is 687. The van der Waals surface area contributed by atoms with Gasteiger partial charge in [-0.15, -0.1) is 10.2 Å². The minimum absolute atomic E-state index is 0.00925. The number of nitrogens with one attached hydrogen (secondary N) is 1. The minimum atomic E-state index is -0.410. The molecule has 7 heteroatoms. The minimum Gasteiger partial charge on any atom is -0.351 e. The third-order valence-corrected chi connectivity index (χ3v) is 4.31. The van der Waals surface area contributed by atoms with E-state index in [-0.39, 0.29) is 29.9 Å². The number of amides is 1. The molecule has 1 aromatic heterocycles. The van der Waals surface area contributed by atoms with Gasteiger partial charge in [0.2, 0.25) is 11.7 Å². The highest BCUT2D eigenvalue weighted by Crippen LogP contribution is 2.23. The maximum absolute atomic E-state index is 13.7. The molecule has 1 amide bonds. The molecule has 1 aromatic carbocycles. The molecule has 0 aliphatic heterocycles. The van der Waals surface area contributed by atoms with Gasteiger partial charge in [-0.3, -0.25) is 4.79 Å². The van der Waals surface area contributed by atoms with Gasteiger partial charge >= 0.3 is 0 Å². The van der Waals surface area contributed by atoms with Crippen molar-refractivity contribution in [2.75, 3.05) is 0 Å². The maximum Gasteiger partial charge on any atom is 0.243 e. The van der Waals surface area contributed by atoms with E-state index in [1.807, 2.05) is 0 Å². The molecule has 23 heavy (non-hydrogen) atoms. The standard InChI is InChI=1S/C16H20FN5O/c1-11-6-2-5-9-14(11)18-15(23)10-22-20-16(19-21-22)12-7-3-4-8-13(12)17/h3-4,7-8,11,14H,2,5-6,9-10H2,1H3,(H,18,23)/t11-,14-/m0/s1. The van der Waals surface area contributed by atoms with Crippen molar-refractivity contribution in [1.29, 1.82) is 0 Å². The lowest BCUT2D eigenvalue weighted by Crippen LogP contribution is -2.42. The molecule has 2 atom stereocenters. The Morgan fingerprint density at radius 3 is 2.91 bits per heavy atom. The Kier molecular flexibility index (Phi) is 4.64. The first kappa shape index (κ1) is 15.6. The molecule has 1 fully saturated rings. The van der Waals surface area contributed by atoms with Crippen LogP contribution in [0.1, 0.15) is 32.6 Å². The van der Waals surface area contributed by atoms with Gasteiger partial charge in [0.15, 0.2) is 0 Å². The van der Waals surface area contributed by atoms with Crippen molar-refractivity contribution in [2.45, 2.75) is 45.2 Å². The smallest absolute Gasteiger partial charge is 0.243 e. The third kappa shape index (κ3) is 3.72. The topological polar surface area (TPSA) is 72.7 Å². The van der Waals surface area contributed by atoms with E-state index in [4.69, 9.17) is 0 Å². The fourth-order valence-electron chi connectivity index (χ4n) is 2.97. The van der Waals surface area contributed by atoms with Gasteiger partial charge in [-0.2, -0.15) is 4.80 Å². The summed E-state index contributed by atoms with van der Waals surface area (Å²) in [7, 11) is 0. The van der Waals surface area contributed by atoms with Gasteiger partial charge in [0.05, 0.1) is 5.56 Å². The molecule has 3 rings (SSSR count). The van der Waals surface area contributed by atoms with Crippen LogP contribution in [-0.2, 0) is 11.3 Å². The zero-order valence-electron chi connectivity index (χ0n) is 13.1. The number of carbonyl (C=O) groups excluding carboxylic acids is 1. The van der Waals surface area contributed by atoms with Crippen LogP contribution in [0.5, 0.6) is 0 Å². The summed E-state index contributed by atoms with van der Waals surface area (Å²) in [6, 6.07) is 6.44. The van der Waals surface area contributed by atoms with Crippen molar-refractivity contribution in [1.82, 2.24) is 25.5 Å². The van der Waals surface area contributed by atoms with Gasteiger partial charge in [-0.05, 0) is 36.1 Å². The van der Waals surface area contributed by atoms with Crippen LogP contribution in [0.4, 0.5) is 4.39 Å². The van der Waals surface area contributed by atoms with Gasteiger partial charge in [0.1, 0.15) is 12.4 Å².